The van der Waals surface area contributed by atoms with E-state index >= 15 is 0 Å². The lowest BCUT2D eigenvalue weighted by molar-refractivity contribution is -0.918. The van der Waals surface area contributed by atoms with E-state index in [2.05, 4.69) is 35.3 Å². The highest BCUT2D eigenvalue weighted by Gasteiger charge is 2.26. The summed E-state index contributed by atoms with van der Waals surface area (Å²) in [5.74, 6) is 0.675. The first-order chi connectivity index (χ1) is 12.3. The Labute approximate surface area is 149 Å². The summed E-state index contributed by atoms with van der Waals surface area (Å²) in [5, 5.41) is 10.3. The Balaban J connectivity index is 1.75. The summed E-state index contributed by atoms with van der Waals surface area (Å²) in [6.45, 7) is 5.57. The lowest BCUT2D eigenvalue weighted by Gasteiger charge is -2.23. The minimum absolute atomic E-state index is 0.165. The second-order valence-corrected chi connectivity index (χ2v) is 6.45. The molecule has 1 heterocycles. The van der Waals surface area contributed by atoms with Gasteiger partial charge in [-0.2, -0.15) is 0 Å². The van der Waals surface area contributed by atoms with Gasteiger partial charge in [-0.25, -0.2) is 0 Å². The topological polar surface area (TPSA) is 46.3 Å². The number of para-hydroxylation sites is 1. The van der Waals surface area contributed by atoms with Crippen LogP contribution in [0.25, 0.3) is 0 Å². The minimum atomic E-state index is 0.165. The van der Waals surface area contributed by atoms with Crippen molar-refractivity contribution < 1.29 is 14.7 Å². The summed E-state index contributed by atoms with van der Waals surface area (Å²) in [5.41, 5.74) is 2.04. The van der Waals surface area contributed by atoms with Crippen molar-refractivity contribution in [2.45, 2.75) is 25.8 Å². The Morgan fingerprint density at radius 2 is 1.88 bits per heavy atom. The minimum Gasteiger partial charge on any atom is -0.504 e. The van der Waals surface area contributed by atoms with Gasteiger partial charge in [0.2, 0.25) is 0 Å². The highest BCUT2D eigenvalue weighted by molar-refractivity contribution is 5.84. The molecule has 2 aromatic carbocycles. The van der Waals surface area contributed by atoms with Crippen LogP contribution in [-0.2, 0) is 0 Å². The van der Waals surface area contributed by atoms with Crippen LogP contribution in [0, 0.1) is 0 Å². The van der Waals surface area contributed by atoms with Crippen LogP contribution in [0.15, 0.2) is 53.5 Å². The number of nitrogens with one attached hydrogen (secondary N) is 1. The van der Waals surface area contributed by atoms with E-state index in [1.165, 1.54) is 31.5 Å². The average molecular weight is 339 g/mol. The van der Waals surface area contributed by atoms with Gasteiger partial charge in [-0.05, 0) is 19.1 Å². The van der Waals surface area contributed by atoms with Crippen molar-refractivity contribution in [3.05, 3.63) is 59.7 Å². The van der Waals surface area contributed by atoms with Crippen LogP contribution in [0.4, 0.5) is 0 Å². The SMILES string of the molecule is CCOc1cccc(C=NC[C@@H](c2ccccc2)[NH+]2CCCC2)c1O. The Hall–Kier alpha value is -2.33. The molecule has 0 saturated carbocycles. The third-order valence-electron chi connectivity index (χ3n) is 4.79. The average Bonchev–Trinajstić information content (AvgIpc) is 3.17. The first kappa shape index (κ1) is 17.5. The van der Waals surface area contributed by atoms with Gasteiger partial charge < -0.3 is 14.7 Å². The van der Waals surface area contributed by atoms with Crippen molar-refractivity contribution in [2.75, 3.05) is 26.2 Å². The number of hydrogen-bond donors (Lipinski definition) is 2. The third-order valence-corrected chi connectivity index (χ3v) is 4.79. The van der Waals surface area contributed by atoms with Crippen LogP contribution in [-0.4, -0.2) is 37.6 Å². The number of likely N-dealkylation sites (tertiary alicyclic amines) is 1. The standard InChI is InChI=1S/C21H26N2O2/c1-2-25-20-12-8-11-18(21(20)24)15-22-16-19(23-13-6-7-14-23)17-9-4-3-5-10-17/h3-5,8-12,15,19,24H,2,6-7,13-14,16H2,1H3/p+1/t19-/m0/s1. The van der Waals surface area contributed by atoms with E-state index in [4.69, 9.17) is 4.74 Å². The Morgan fingerprint density at radius 1 is 1.12 bits per heavy atom. The smallest absolute Gasteiger partial charge is 0.166 e. The van der Waals surface area contributed by atoms with Gasteiger partial charge in [-0.15, -0.1) is 0 Å². The molecule has 4 nitrogen and oxygen atoms in total. The zero-order chi connectivity index (χ0) is 17.5. The Morgan fingerprint density at radius 3 is 2.60 bits per heavy atom. The Bertz CT molecular complexity index is 694. The summed E-state index contributed by atoms with van der Waals surface area (Å²) in [7, 11) is 0. The summed E-state index contributed by atoms with van der Waals surface area (Å²) >= 11 is 0. The molecule has 2 aromatic rings. The van der Waals surface area contributed by atoms with Crippen LogP contribution >= 0.6 is 0 Å². The summed E-state index contributed by atoms with van der Waals surface area (Å²) in [6.07, 6.45) is 4.35. The van der Waals surface area contributed by atoms with E-state index in [0.29, 0.717) is 24.0 Å². The van der Waals surface area contributed by atoms with Crippen LogP contribution in [0.5, 0.6) is 11.5 Å². The van der Waals surface area contributed by atoms with Crippen LogP contribution in [0.2, 0.25) is 0 Å². The normalized spacial score (nSPS) is 16.4. The van der Waals surface area contributed by atoms with Crippen molar-refractivity contribution in [2.24, 2.45) is 4.99 Å². The molecule has 0 radical (unpaired) electrons. The number of quaternary nitrogens is 1. The molecule has 0 aliphatic carbocycles. The van der Waals surface area contributed by atoms with Crippen molar-refractivity contribution in [3.8, 4) is 11.5 Å². The molecule has 4 heteroatoms. The lowest BCUT2D eigenvalue weighted by atomic mass is 10.1. The van der Waals surface area contributed by atoms with Gasteiger partial charge in [0.05, 0.1) is 26.2 Å². The predicted molar refractivity (Wildman–Crippen MR) is 101 cm³/mol. The molecule has 0 spiro atoms. The van der Waals surface area contributed by atoms with Crippen LogP contribution in [0.3, 0.4) is 0 Å². The number of nitrogens with zero attached hydrogens (tertiary/aromatic N) is 1. The van der Waals surface area contributed by atoms with Gasteiger partial charge in [0.15, 0.2) is 11.5 Å². The number of benzene rings is 2. The molecule has 1 atom stereocenters. The molecule has 1 fully saturated rings. The molecule has 1 saturated heterocycles. The number of aromatic hydroxyl groups is 1. The van der Waals surface area contributed by atoms with Gasteiger partial charge in [-0.1, -0.05) is 36.4 Å². The molecule has 0 aromatic heterocycles. The van der Waals surface area contributed by atoms with E-state index in [1.807, 2.05) is 19.1 Å². The fourth-order valence-corrected chi connectivity index (χ4v) is 3.51. The number of rotatable bonds is 7. The third kappa shape index (κ3) is 4.40. The molecule has 0 unspecified atom stereocenters. The van der Waals surface area contributed by atoms with Crippen molar-refractivity contribution in [3.63, 3.8) is 0 Å². The molecule has 0 amide bonds. The largest absolute Gasteiger partial charge is 0.504 e. The van der Waals surface area contributed by atoms with E-state index < -0.39 is 0 Å². The highest BCUT2D eigenvalue weighted by Crippen LogP contribution is 2.28. The summed E-state index contributed by atoms with van der Waals surface area (Å²) in [4.78, 5) is 6.27. The summed E-state index contributed by atoms with van der Waals surface area (Å²) < 4.78 is 5.44. The quantitative estimate of drug-likeness (QED) is 0.762. The molecule has 1 aliphatic rings. The van der Waals surface area contributed by atoms with Crippen molar-refractivity contribution >= 4 is 6.21 Å². The molecule has 25 heavy (non-hydrogen) atoms. The maximum absolute atomic E-state index is 10.3. The first-order valence-corrected chi connectivity index (χ1v) is 9.13. The van der Waals surface area contributed by atoms with Crippen LogP contribution < -0.4 is 9.64 Å². The second kappa shape index (κ2) is 8.67. The van der Waals surface area contributed by atoms with Crippen LogP contribution in [0.1, 0.15) is 36.9 Å². The molecule has 2 N–H and O–H groups in total. The summed E-state index contributed by atoms with van der Waals surface area (Å²) in [6, 6.07) is 16.5. The number of aliphatic imine (C=N–C) groups is 1. The van der Waals surface area contributed by atoms with Gasteiger partial charge in [-0.3, -0.25) is 4.99 Å². The second-order valence-electron chi connectivity index (χ2n) is 6.45. The van der Waals surface area contributed by atoms with E-state index in [-0.39, 0.29) is 5.75 Å². The van der Waals surface area contributed by atoms with Crippen molar-refractivity contribution in [1.82, 2.24) is 0 Å². The number of ether oxygens (including phenoxy) is 1. The van der Waals surface area contributed by atoms with E-state index in [0.717, 1.165) is 6.54 Å². The number of hydrogen-bond acceptors (Lipinski definition) is 3. The number of phenolic OH excluding ortho intramolecular Hbond substituents is 1. The van der Waals surface area contributed by atoms with Crippen molar-refractivity contribution in [1.29, 1.82) is 0 Å². The fourth-order valence-electron chi connectivity index (χ4n) is 3.51. The first-order valence-electron chi connectivity index (χ1n) is 9.13. The van der Waals surface area contributed by atoms with Gasteiger partial charge in [0, 0.05) is 30.2 Å². The maximum Gasteiger partial charge on any atom is 0.166 e. The molecule has 0 bridgehead atoms. The predicted octanol–water partition coefficient (Wildman–Crippen LogP) is 2.63. The zero-order valence-corrected chi connectivity index (χ0v) is 14.8. The Kier molecular flexibility index (Phi) is 6.07. The van der Waals surface area contributed by atoms with E-state index in [1.54, 1.807) is 17.2 Å². The highest BCUT2D eigenvalue weighted by atomic mass is 16.5. The molecule has 132 valence electrons. The van der Waals surface area contributed by atoms with Gasteiger partial charge in [0.1, 0.15) is 6.04 Å². The zero-order valence-electron chi connectivity index (χ0n) is 14.8. The van der Waals surface area contributed by atoms with E-state index in [9.17, 15) is 5.11 Å². The van der Waals surface area contributed by atoms with Gasteiger partial charge in [0.25, 0.3) is 0 Å². The molecular weight excluding hydrogens is 312 g/mol. The monoisotopic (exact) mass is 339 g/mol. The lowest BCUT2D eigenvalue weighted by Crippen LogP contribution is -3.10. The number of phenols is 1. The van der Waals surface area contributed by atoms with Gasteiger partial charge >= 0.3 is 0 Å². The molecular formula is C21H27N2O2+. The maximum atomic E-state index is 10.3. The molecule has 1 aliphatic heterocycles. The molecule has 3 rings (SSSR count). The fraction of sp³-hybridized carbons (Fsp3) is 0.381.